The number of pyridine rings is 1. The van der Waals surface area contributed by atoms with Crippen LogP contribution in [-0.2, 0) is 16.6 Å². The number of halogens is 1. The minimum atomic E-state index is -3.56. The molecule has 1 aliphatic rings. The molecular formula is C16H19BrN4O3S. The van der Waals surface area contributed by atoms with Crippen LogP contribution in [0.5, 0.6) is 0 Å². The second-order valence-electron chi connectivity index (χ2n) is 5.71. The number of sulfonamides is 1. The first kappa shape index (κ1) is 18.1. The number of nitrogens with zero attached hydrogens (tertiary/aromatic N) is 4. The minimum absolute atomic E-state index is 0.0778. The lowest BCUT2D eigenvalue weighted by Crippen LogP contribution is -2.50. The molecular weight excluding hydrogens is 408 g/mol. The average molecular weight is 427 g/mol. The van der Waals surface area contributed by atoms with Crippen molar-refractivity contribution in [3.05, 3.63) is 47.0 Å². The molecule has 7 nitrogen and oxygen atoms in total. The second kappa shape index (κ2) is 7.27. The Morgan fingerprint density at radius 1 is 1.28 bits per heavy atom. The van der Waals surface area contributed by atoms with Gasteiger partial charge < -0.3 is 9.47 Å². The summed E-state index contributed by atoms with van der Waals surface area (Å²) >= 11 is 3.39. The quantitative estimate of drug-likeness (QED) is 0.746. The van der Waals surface area contributed by atoms with Crippen LogP contribution in [0.4, 0.5) is 0 Å². The monoisotopic (exact) mass is 426 g/mol. The van der Waals surface area contributed by atoms with Gasteiger partial charge in [0.2, 0.25) is 10.0 Å². The summed E-state index contributed by atoms with van der Waals surface area (Å²) in [4.78, 5) is 18.5. The van der Waals surface area contributed by atoms with Crippen LogP contribution in [0.25, 0.3) is 0 Å². The van der Waals surface area contributed by atoms with Crippen molar-refractivity contribution in [1.29, 1.82) is 0 Å². The third-order valence-corrected chi connectivity index (χ3v) is 6.54. The lowest BCUT2D eigenvalue weighted by atomic mass is 10.3. The van der Waals surface area contributed by atoms with Crippen molar-refractivity contribution in [3.8, 4) is 0 Å². The van der Waals surface area contributed by atoms with Crippen molar-refractivity contribution < 1.29 is 13.2 Å². The molecule has 9 heteroatoms. The summed E-state index contributed by atoms with van der Waals surface area (Å²) in [5, 5.41) is 0. The first-order chi connectivity index (χ1) is 11.9. The Morgan fingerprint density at radius 3 is 2.60 bits per heavy atom. The van der Waals surface area contributed by atoms with Crippen molar-refractivity contribution >= 4 is 31.9 Å². The Labute approximate surface area is 155 Å². The summed E-state index contributed by atoms with van der Waals surface area (Å²) in [5.74, 6) is -0.0778. The van der Waals surface area contributed by atoms with Crippen molar-refractivity contribution in [2.45, 2.75) is 18.4 Å². The van der Waals surface area contributed by atoms with Gasteiger partial charge in [0.15, 0.2) is 0 Å². The Balaban J connectivity index is 1.70. The molecule has 0 unspecified atom stereocenters. The van der Waals surface area contributed by atoms with Crippen molar-refractivity contribution in [2.24, 2.45) is 0 Å². The standard InChI is InChI=1S/C16H19BrN4O3S/c1-2-19-12-13(17)10-15(19)16(22)20-6-8-21(9-7-20)25(23,24)14-4-3-5-18-11-14/h3-5,10-12H,2,6-9H2,1H3. The minimum Gasteiger partial charge on any atom is -0.343 e. The highest BCUT2D eigenvalue weighted by Gasteiger charge is 2.31. The van der Waals surface area contributed by atoms with Gasteiger partial charge in [0.1, 0.15) is 10.6 Å². The normalized spacial score (nSPS) is 16.2. The summed E-state index contributed by atoms with van der Waals surface area (Å²) in [5.41, 5.74) is 0.609. The number of aryl methyl sites for hydroxylation is 1. The van der Waals surface area contributed by atoms with E-state index in [1.807, 2.05) is 17.7 Å². The number of hydrogen-bond acceptors (Lipinski definition) is 4. The van der Waals surface area contributed by atoms with Crippen LogP contribution in [0, 0.1) is 0 Å². The zero-order valence-electron chi connectivity index (χ0n) is 13.8. The molecule has 0 bridgehead atoms. The van der Waals surface area contributed by atoms with Gasteiger partial charge in [0, 0.05) is 55.8 Å². The number of carbonyl (C=O) groups is 1. The molecule has 25 heavy (non-hydrogen) atoms. The molecule has 2 aromatic rings. The van der Waals surface area contributed by atoms with Crippen LogP contribution in [0.3, 0.4) is 0 Å². The molecule has 1 aliphatic heterocycles. The fourth-order valence-corrected chi connectivity index (χ4v) is 4.71. The van der Waals surface area contributed by atoms with E-state index in [1.165, 1.54) is 22.8 Å². The van der Waals surface area contributed by atoms with Crippen molar-refractivity contribution in [3.63, 3.8) is 0 Å². The topological polar surface area (TPSA) is 75.5 Å². The molecule has 0 atom stereocenters. The van der Waals surface area contributed by atoms with Gasteiger partial charge in [-0.15, -0.1) is 0 Å². The fraction of sp³-hybridized carbons (Fsp3) is 0.375. The molecule has 3 heterocycles. The molecule has 0 radical (unpaired) electrons. The Hall–Kier alpha value is -1.71. The molecule has 134 valence electrons. The maximum absolute atomic E-state index is 12.7. The average Bonchev–Trinajstić information content (AvgIpc) is 3.03. The van der Waals surface area contributed by atoms with Crippen LogP contribution >= 0.6 is 15.9 Å². The van der Waals surface area contributed by atoms with Gasteiger partial charge in [-0.3, -0.25) is 9.78 Å². The number of carbonyl (C=O) groups excluding carboxylic acids is 1. The van der Waals surface area contributed by atoms with E-state index in [-0.39, 0.29) is 23.9 Å². The number of hydrogen-bond donors (Lipinski definition) is 0. The van der Waals surface area contributed by atoms with Crippen LogP contribution in [0.1, 0.15) is 17.4 Å². The summed E-state index contributed by atoms with van der Waals surface area (Å²) in [6, 6.07) is 4.93. The third-order valence-electron chi connectivity index (χ3n) is 4.22. The van der Waals surface area contributed by atoms with Gasteiger partial charge in [-0.2, -0.15) is 4.31 Å². The van der Waals surface area contributed by atoms with Gasteiger partial charge in [-0.05, 0) is 41.1 Å². The largest absolute Gasteiger partial charge is 0.343 e. The molecule has 1 fully saturated rings. The van der Waals surface area contributed by atoms with Gasteiger partial charge in [-0.25, -0.2) is 8.42 Å². The van der Waals surface area contributed by atoms with Crippen LogP contribution in [0.15, 0.2) is 46.2 Å². The van der Waals surface area contributed by atoms with Crippen LogP contribution < -0.4 is 0 Å². The number of rotatable bonds is 4. The number of aromatic nitrogens is 2. The predicted molar refractivity (Wildman–Crippen MR) is 96.7 cm³/mol. The molecule has 0 N–H and O–H groups in total. The highest BCUT2D eigenvalue weighted by Crippen LogP contribution is 2.20. The molecule has 1 amide bonds. The van der Waals surface area contributed by atoms with Gasteiger partial charge in [-0.1, -0.05) is 0 Å². The number of amides is 1. The lowest BCUT2D eigenvalue weighted by molar-refractivity contribution is 0.0687. The summed E-state index contributed by atoms with van der Waals surface area (Å²) in [7, 11) is -3.56. The smallest absolute Gasteiger partial charge is 0.270 e. The molecule has 2 aromatic heterocycles. The van der Waals surface area contributed by atoms with E-state index in [2.05, 4.69) is 20.9 Å². The zero-order valence-corrected chi connectivity index (χ0v) is 16.2. The van der Waals surface area contributed by atoms with E-state index >= 15 is 0 Å². The summed E-state index contributed by atoms with van der Waals surface area (Å²) in [6.07, 6.45) is 4.76. The van der Waals surface area contributed by atoms with Crippen molar-refractivity contribution in [1.82, 2.24) is 18.8 Å². The van der Waals surface area contributed by atoms with E-state index in [0.717, 1.165) is 4.47 Å². The first-order valence-electron chi connectivity index (χ1n) is 7.98. The maximum atomic E-state index is 12.7. The Bertz CT molecular complexity index is 859. The maximum Gasteiger partial charge on any atom is 0.270 e. The van der Waals surface area contributed by atoms with Gasteiger partial charge >= 0.3 is 0 Å². The summed E-state index contributed by atoms with van der Waals surface area (Å²) < 4.78 is 29.4. The zero-order chi connectivity index (χ0) is 18.0. The third kappa shape index (κ3) is 3.63. The molecule has 0 aromatic carbocycles. The van der Waals surface area contributed by atoms with E-state index in [4.69, 9.17) is 0 Å². The number of piperazine rings is 1. The highest BCUT2D eigenvalue weighted by atomic mass is 79.9. The fourth-order valence-electron chi connectivity index (χ4n) is 2.86. The molecule has 3 rings (SSSR count). The molecule has 0 aliphatic carbocycles. The van der Waals surface area contributed by atoms with Gasteiger partial charge in [0.05, 0.1) is 0 Å². The molecule has 1 saturated heterocycles. The van der Waals surface area contributed by atoms with E-state index in [0.29, 0.717) is 25.3 Å². The van der Waals surface area contributed by atoms with Crippen LogP contribution in [0.2, 0.25) is 0 Å². The second-order valence-corrected chi connectivity index (χ2v) is 8.57. The first-order valence-corrected chi connectivity index (χ1v) is 10.2. The molecule has 0 spiro atoms. The summed E-state index contributed by atoms with van der Waals surface area (Å²) in [6.45, 7) is 3.95. The Morgan fingerprint density at radius 2 is 2.00 bits per heavy atom. The van der Waals surface area contributed by atoms with Crippen LogP contribution in [-0.4, -0.2) is 59.3 Å². The van der Waals surface area contributed by atoms with E-state index in [9.17, 15) is 13.2 Å². The predicted octanol–water partition coefficient (Wildman–Crippen LogP) is 1.81. The Kier molecular flexibility index (Phi) is 5.26. The van der Waals surface area contributed by atoms with E-state index < -0.39 is 10.0 Å². The van der Waals surface area contributed by atoms with Gasteiger partial charge in [0.25, 0.3) is 5.91 Å². The molecule has 0 saturated carbocycles. The van der Waals surface area contributed by atoms with Crippen molar-refractivity contribution in [2.75, 3.05) is 26.2 Å². The SMILES string of the molecule is CCn1cc(Br)cc1C(=O)N1CCN(S(=O)(=O)c2cccnc2)CC1. The van der Waals surface area contributed by atoms with E-state index in [1.54, 1.807) is 17.0 Å². The lowest BCUT2D eigenvalue weighted by Gasteiger charge is -2.34. The highest BCUT2D eigenvalue weighted by molar-refractivity contribution is 9.10.